The Morgan fingerprint density at radius 3 is 0.862 bits per heavy atom. The van der Waals surface area contributed by atoms with Gasteiger partial charge in [-0.1, -0.05) is 139 Å². The maximum Gasteiger partial charge on any atom is -0.0203 e. The topological polar surface area (TPSA) is 0 Å². The average molecular weight is 791 g/mol. The second-order valence-electron chi connectivity index (χ2n) is 24.6. The predicted molar refractivity (Wildman–Crippen MR) is 247 cm³/mol. The summed E-state index contributed by atoms with van der Waals surface area (Å²) < 4.78 is 0. The lowest BCUT2D eigenvalue weighted by atomic mass is 9.39. The van der Waals surface area contributed by atoms with Gasteiger partial charge in [0.25, 0.3) is 0 Å². The summed E-state index contributed by atoms with van der Waals surface area (Å²) in [5.74, 6) is 18.8. The first-order valence-corrected chi connectivity index (χ1v) is 28.0. The molecule has 10 fully saturated rings. The molecule has 0 amide bonds. The Bertz CT molecular complexity index is 1220. The van der Waals surface area contributed by atoms with Crippen LogP contribution in [0.3, 0.4) is 0 Å². The van der Waals surface area contributed by atoms with Crippen molar-refractivity contribution in [3.05, 3.63) is 23.3 Å². The van der Waals surface area contributed by atoms with Crippen LogP contribution >= 0.6 is 0 Å². The molecule has 0 heterocycles. The molecule has 10 rings (SSSR count). The first-order valence-electron chi connectivity index (χ1n) is 28.0. The van der Waals surface area contributed by atoms with Gasteiger partial charge in [-0.3, -0.25) is 0 Å². The van der Waals surface area contributed by atoms with Gasteiger partial charge in [0, 0.05) is 0 Å². The van der Waals surface area contributed by atoms with E-state index in [9.17, 15) is 0 Å². The molecule has 0 saturated heterocycles. The van der Waals surface area contributed by atoms with E-state index in [2.05, 4.69) is 26.0 Å². The monoisotopic (exact) mass is 791 g/mol. The van der Waals surface area contributed by atoms with Gasteiger partial charge in [0.05, 0.1) is 0 Å². The molecule has 12 unspecified atom stereocenters. The van der Waals surface area contributed by atoms with E-state index in [0.717, 1.165) is 107 Å². The molecule has 12 atom stereocenters. The summed E-state index contributed by atoms with van der Waals surface area (Å²) in [5.41, 5.74) is 3.68. The molecule has 0 bridgehead atoms. The number of rotatable bonds is 7. The third kappa shape index (κ3) is 8.46. The molecule has 0 nitrogen and oxygen atoms in total. The van der Waals surface area contributed by atoms with Gasteiger partial charge in [0.1, 0.15) is 0 Å². The summed E-state index contributed by atoms with van der Waals surface area (Å²) in [6.07, 6.45) is 58.6. The zero-order valence-electron chi connectivity index (χ0n) is 38.6. The van der Waals surface area contributed by atoms with Crippen molar-refractivity contribution in [3.8, 4) is 0 Å². The van der Waals surface area contributed by atoms with Gasteiger partial charge in [-0.15, -0.1) is 0 Å². The maximum absolute atomic E-state index is 2.84. The van der Waals surface area contributed by atoms with Crippen LogP contribution in [0, 0.1) is 107 Å². The van der Waals surface area contributed by atoms with Crippen molar-refractivity contribution in [1.82, 2.24) is 0 Å². The van der Waals surface area contributed by atoms with Crippen LogP contribution in [-0.4, -0.2) is 0 Å². The Hall–Kier alpha value is -0.520. The summed E-state index contributed by atoms with van der Waals surface area (Å²) in [6.45, 7) is 5.21. The molecular formula is C58H94. The molecule has 10 aliphatic rings. The van der Waals surface area contributed by atoms with E-state index in [1.54, 1.807) is 128 Å². The summed E-state index contributed by atoms with van der Waals surface area (Å²) in [4.78, 5) is 0. The smallest absolute Gasteiger partial charge is 0.0203 e. The second-order valence-corrected chi connectivity index (χ2v) is 24.6. The first kappa shape index (κ1) is 41.5. The third-order valence-electron chi connectivity index (χ3n) is 22.0. The summed E-state index contributed by atoms with van der Waals surface area (Å²) >= 11 is 0. The lowest BCUT2D eigenvalue weighted by molar-refractivity contribution is -0.174. The van der Waals surface area contributed by atoms with E-state index in [4.69, 9.17) is 0 Å². The fourth-order valence-corrected chi connectivity index (χ4v) is 20.0. The van der Waals surface area contributed by atoms with Gasteiger partial charge in [-0.05, 0) is 223 Å². The minimum atomic E-state index is 0.907. The van der Waals surface area contributed by atoms with Crippen LogP contribution in [-0.2, 0) is 0 Å². The zero-order valence-corrected chi connectivity index (χ0v) is 38.6. The molecule has 58 heavy (non-hydrogen) atoms. The second kappa shape index (κ2) is 19.1. The molecule has 0 heteroatoms. The van der Waals surface area contributed by atoms with Crippen molar-refractivity contribution in [3.63, 3.8) is 0 Å². The van der Waals surface area contributed by atoms with Crippen molar-refractivity contribution in [2.24, 2.45) is 107 Å². The van der Waals surface area contributed by atoms with Gasteiger partial charge in [-0.2, -0.15) is 0 Å². The summed E-state index contributed by atoms with van der Waals surface area (Å²) in [7, 11) is 0. The third-order valence-corrected chi connectivity index (χ3v) is 22.0. The number of hydrogen-bond donors (Lipinski definition) is 0. The molecule has 0 aliphatic heterocycles. The Morgan fingerprint density at radius 1 is 0.276 bits per heavy atom. The zero-order chi connectivity index (χ0) is 39.0. The van der Waals surface area contributed by atoms with Crippen LogP contribution in [0.2, 0.25) is 0 Å². The summed E-state index contributed by atoms with van der Waals surface area (Å²) in [5, 5.41) is 0. The van der Waals surface area contributed by atoms with Gasteiger partial charge >= 0.3 is 0 Å². The van der Waals surface area contributed by atoms with Crippen LogP contribution in [0.15, 0.2) is 23.3 Å². The van der Waals surface area contributed by atoms with Gasteiger partial charge in [-0.25, -0.2) is 0 Å². The Labute approximate surface area is 360 Å². The Balaban J connectivity index is 0.930. The SMILES string of the molecule is CC(=CC1CCCCC1)C1CCCC(C2C3CCCCC3C(C3C4CCCCC4C(C4CCCC(C(C)=CC5CCCCC5)C4)C4CCCCC43)C3CCCCC32)C1. The van der Waals surface area contributed by atoms with Gasteiger partial charge in [0.2, 0.25) is 0 Å². The molecule has 10 saturated carbocycles. The minimum Gasteiger partial charge on any atom is -0.0822 e. The number of hydrogen-bond acceptors (Lipinski definition) is 0. The van der Waals surface area contributed by atoms with Crippen molar-refractivity contribution < 1.29 is 0 Å². The molecule has 0 aromatic carbocycles. The highest BCUT2D eigenvalue weighted by Crippen LogP contribution is 2.68. The van der Waals surface area contributed by atoms with Crippen LogP contribution in [0.5, 0.6) is 0 Å². The highest BCUT2D eigenvalue weighted by molar-refractivity contribution is 5.14. The molecule has 0 spiro atoms. The Kier molecular flexibility index (Phi) is 13.6. The van der Waals surface area contributed by atoms with Crippen molar-refractivity contribution >= 4 is 0 Å². The highest BCUT2D eigenvalue weighted by atomic mass is 14.7. The lowest BCUT2D eigenvalue weighted by Crippen LogP contribution is -2.60. The van der Waals surface area contributed by atoms with Crippen LogP contribution in [0.4, 0.5) is 0 Å². The fourth-order valence-electron chi connectivity index (χ4n) is 20.0. The first-order chi connectivity index (χ1) is 28.6. The average Bonchev–Trinajstić information content (AvgIpc) is 3.28. The van der Waals surface area contributed by atoms with E-state index in [-0.39, 0.29) is 0 Å². The van der Waals surface area contributed by atoms with Crippen molar-refractivity contribution in [1.29, 1.82) is 0 Å². The Morgan fingerprint density at radius 2 is 0.552 bits per heavy atom. The van der Waals surface area contributed by atoms with E-state index < -0.39 is 0 Å². The highest BCUT2D eigenvalue weighted by Gasteiger charge is 2.61. The fraction of sp³-hybridized carbons (Fsp3) is 0.931. The van der Waals surface area contributed by atoms with Gasteiger partial charge in [0.15, 0.2) is 0 Å². The summed E-state index contributed by atoms with van der Waals surface area (Å²) in [6, 6.07) is 0. The molecule has 0 aromatic heterocycles. The minimum absolute atomic E-state index is 0.907. The molecule has 0 radical (unpaired) electrons. The van der Waals surface area contributed by atoms with Crippen molar-refractivity contribution in [2.75, 3.05) is 0 Å². The van der Waals surface area contributed by atoms with Crippen LogP contribution in [0.25, 0.3) is 0 Å². The molecule has 0 N–H and O–H groups in total. The largest absolute Gasteiger partial charge is 0.0822 e. The van der Waals surface area contributed by atoms with E-state index in [1.807, 2.05) is 11.1 Å². The van der Waals surface area contributed by atoms with E-state index in [1.165, 1.54) is 89.9 Å². The normalized spacial score (nSPS) is 47.6. The van der Waals surface area contributed by atoms with Crippen LogP contribution < -0.4 is 0 Å². The number of fused-ring (bicyclic) bond motifs is 4. The molecule has 0 aromatic rings. The van der Waals surface area contributed by atoms with E-state index in [0.29, 0.717) is 0 Å². The molecule has 10 aliphatic carbocycles. The standard InChI is InChI=1S/C58H94/c1-39(35-41-19-5-3-6-20-41)43-23-17-25-45(37-43)55-47-27-9-13-31-51(47)57(52-32-14-10-28-48(52)55)58-53-33-15-11-29-49(53)56(50-30-12-16-34-54(50)58)46-26-18-24-44(38-46)40(2)36-42-21-7-4-8-22-42/h35-36,41-58H,3-34,37-38H2,1-2H3. The van der Waals surface area contributed by atoms with Gasteiger partial charge < -0.3 is 0 Å². The lowest BCUT2D eigenvalue weighted by Gasteiger charge is -2.66. The van der Waals surface area contributed by atoms with E-state index >= 15 is 0 Å². The van der Waals surface area contributed by atoms with Crippen molar-refractivity contribution in [2.45, 2.75) is 232 Å². The predicted octanol–water partition coefficient (Wildman–Crippen LogP) is 17.4. The maximum atomic E-state index is 2.84. The number of allylic oxidation sites excluding steroid dienone is 4. The quantitative estimate of drug-likeness (QED) is 0.225. The molecular weight excluding hydrogens is 697 g/mol. The van der Waals surface area contributed by atoms with Crippen LogP contribution in [0.1, 0.15) is 232 Å². The molecule has 326 valence electrons.